The first kappa shape index (κ1) is 67.5. The van der Waals surface area contributed by atoms with Crippen LogP contribution in [0.5, 0.6) is 0 Å². The molecule has 0 aromatic heterocycles. The van der Waals surface area contributed by atoms with Gasteiger partial charge in [0, 0.05) is 19.6 Å². The number of esters is 1. The van der Waals surface area contributed by atoms with E-state index in [0.717, 1.165) is 57.8 Å². The van der Waals surface area contributed by atoms with Crippen molar-refractivity contribution in [1.82, 2.24) is 0 Å². The van der Waals surface area contributed by atoms with Crippen molar-refractivity contribution in [3.63, 3.8) is 0 Å². The fourth-order valence-electron chi connectivity index (χ4n) is 8.70. The van der Waals surface area contributed by atoms with Gasteiger partial charge in [-0.25, -0.2) is 4.57 Å². The van der Waals surface area contributed by atoms with Crippen molar-refractivity contribution >= 4 is 13.8 Å². The van der Waals surface area contributed by atoms with Gasteiger partial charge < -0.3 is 20.1 Å². The molecule has 0 amide bonds. The molecular formula is C60H114NO7P. The van der Waals surface area contributed by atoms with Crippen molar-refractivity contribution in [1.29, 1.82) is 0 Å². The Kier molecular flexibility index (Phi) is 56.1. The van der Waals surface area contributed by atoms with Crippen molar-refractivity contribution in [3.8, 4) is 0 Å². The topological polar surface area (TPSA) is 117 Å². The van der Waals surface area contributed by atoms with Crippen LogP contribution < -0.4 is 5.73 Å². The lowest BCUT2D eigenvalue weighted by atomic mass is 10.0. The second kappa shape index (κ2) is 57.4. The Labute approximate surface area is 428 Å². The van der Waals surface area contributed by atoms with Crippen molar-refractivity contribution in [2.24, 2.45) is 5.73 Å². The first-order valence-corrected chi connectivity index (χ1v) is 31.1. The van der Waals surface area contributed by atoms with Gasteiger partial charge in [0.1, 0.15) is 6.10 Å². The summed E-state index contributed by atoms with van der Waals surface area (Å²) in [6.45, 7) is 4.87. The van der Waals surface area contributed by atoms with Gasteiger partial charge >= 0.3 is 13.8 Å². The van der Waals surface area contributed by atoms with Gasteiger partial charge in [-0.1, -0.05) is 281 Å². The Morgan fingerprint density at radius 2 is 0.812 bits per heavy atom. The number of hydrogen-bond acceptors (Lipinski definition) is 7. The van der Waals surface area contributed by atoms with Gasteiger partial charge in [0.25, 0.3) is 0 Å². The van der Waals surface area contributed by atoms with E-state index in [4.69, 9.17) is 24.3 Å². The van der Waals surface area contributed by atoms with Gasteiger partial charge in [0.2, 0.25) is 0 Å². The van der Waals surface area contributed by atoms with Crippen LogP contribution in [0, 0.1) is 0 Å². The second-order valence-electron chi connectivity index (χ2n) is 19.8. The molecule has 0 saturated carbocycles. The van der Waals surface area contributed by atoms with Gasteiger partial charge in [-0.05, 0) is 51.4 Å². The van der Waals surface area contributed by atoms with Crippen LogP contribution in [0.3, 0.4) is 0 Å². The Bertz CT molecular complexity index is 1210. The minimum absolute atomic E-state index is 0.0943. The molecule has 0 rings (SSSR count). The number of rotatable bonds is 57. The molecule has 69 heavy (non-hydrogen) atoms. The molecule has 3 N–H and O–H groups in total. The highest BCUT2D eigenvalue weighted by molar-refractivity contribution is 7.47. The monoisotopic (exact) mass is 992 g/mol. The minimum atomic E-state index is -4.29. The molecule has 0 saturated heterocycles. The molecule has 0 radical (unpaired) electrons. The lowest BCUT2D eigenvalue weighted by molar-refractivity contribution is -0.154. The summed E-state index contributed by atoms with van der Waals surface area (Å²) in [5.74, 6) is -0.324. The largest absolute Gasteiger partial charge is 0.472 e. The summed E-state index contributed by atoms with van der Waals surface area (Å²) in [5, 5.41) is 0. The number of ether oxygens (including phenoxy) is 2. The summed E-state index contributed by atoms with van der Waals surface area (Å²) in [7, 11) is -4.29. The predicted molar refractivity (Wildman–Crippen MR) is 298 cm³/mol. The molecular weight excluding hydrogens is 878 g/mol. The maximum absolute atomic E-state index is 12.7. The van der Waals surface area contributed by atoms with E-state index < -0.39 is 13.9 Å². The fraction of sp³-hybridized carbons (Fsp3) is 0.850. The third kappa shape index (κ3) is 57.2. The van der Waals surface area contributed by atoms with E-state index in [2.05, 4.69) is 62.5 Å². The summed E-state index contributed by atoms with van der Waals surface area (Å²) in [6.07, 6.45) is 71.7. The van der Waals surface area contributed by atoms with E-state index in [9.17, 15) is 14.3 Å². The number of unbranched alkanes of at least 4 members (excludes halogenated alkanes) is 36. The number of hydrogen-bond donors (Lipinski definition) is 2. The van der Waals surface area contributed by atoms with Crippen LogP contribution >= 0.6 is 7.82 Å². The van der Waals surface area contributed by atoms with Crippen molar-refractivity contribution in [2.45, 2.75) is 296 Å². The van der Waals surface area contributed by atoms with Crippen LogP contribution in [0.25, 0.3) is 0 Å². The fourth-order valence-corrected chi connectivity index (χ4v) is 9.46. The molecule has 0 fully saturated rings. The average molecular weight is 993 g/mol. The van der Waals surface area contributed by atoms with Crippen molar-refractivity contribution in [2.75, 3.05) is 33.0 Å². The molecule has 0 aromatic carbocycles. The normalized spacial score (nSPS) is 13.5. The molecule has 0 heterocycles. The van der Waals surface area contributed by atoms with Crippen LogP contribution in [-0.2, 0) is 27.9 Å². The zero-order valence-electron chi connectivity index (χ0n) is 45.6. The summed E-state index contributed by atoms with van der Waals surface area (Å²) >= 11 is 0. The first-order valence-electron chi connectivity index (χ1n) is 29.6. The maximum Gasteiger partial charge on any atom is 0.472 e. The Morgan fingerprint density at radius 1 is 0.449 bits per heavy atom. The van der Waals surface area contributed by atoms with Gasteiger partial charge in [0.05, 0.1) is 19.8 Å². The van der Waals surface area contributed by atoms with Gasteiger partial charge in [-0.2, -0.15) is 0 Å². The van der Waals surface area contributed by atoms with E-state index in [0.29, 0.717) is 13.0 Å². The van der Waals surface area contributed by atoms with Crippen molar-refractivity contribution < 1.29 is 32.8 Å². The third-order valence-electron chi connectivity index (χ3n) is 13.0. The summed E-state index contributed by atoms with van der Waals surface area (Å²) in [6, 6.07) is 0. The number of nitrogens with two attached hydrogens (primary N) is 1. The summed E-state index contributed by atoms with van der Waals surface area (Å²) in [5.41, 5.74) is 5.41. The van der Waals surface area contributed by atoms with Gasteiger partial charge in [0.15, 0.2) is 0 Å². The number of allylic oxidation sites excluding steroid dienone is 8. The molecule has 8 nitrogen and oxygen atoms in total. The smallest absolute Gasteiger partial charge is 0.457 e. The van der Waals surface area contributed by atoms with Crippen LogP contribution in [-0.4, -0.2) is 49.9 Å². The Hall–Kier alpha value is -1.54. The van der Waals surface area contributed by atoms with Crippen LogP contribution in [0.2, 0.25) is 0 Å². The Morgan fingerprint density at radius 3 is 1.22 bits per heavy atom. The van der Waals surface area contributed by atoms with E-state index >= 15 is 0 Å². The molecule has 0 bridgehead atoms. The molecule has 9 heteroatoms. The minimum Gasteiger partial charge on any atom is -0.457 e. The van der Waals surface area contributed by atoms with Crippen molar-refractivity contribution in [3.05, 3.63) is 48.6 Å². The standard InChI is InChI=1S/C60H114NO7P/c1-3-5-7-9-11-13-15-17-19-21-23-25-27-29-30-32-34-36-38-40-42-44-46-48-50-52-55-65-57-59(58-67-69(63,64)66-56-54-61)68-60(62)53-51-49-47-45-43-41-39-37-35-33-31-28-26-24-22-20-18-16-14-12-10-8-6-4-2/h5,7,11,13,17,19,23,25,59H,3-4,6,8-10,12,14-16,18,20-22,24,26-58,61H2,1-2H3,(H,63,64)/b7-5-,13-11-,19-17-,25-23-. The molecule has 2 unspecified atom stereocenters. The van der Waals surface area contributed by atoms with E-state index in [-0.39, 0.29) is 32.3 Å². The van der Waals surface area contributed by atoms with Crippen LogP contribution in [0.15, 0.2) is 48.6 Å². The molecule has 0 spiro atoms. The summed E-state index contributed by atoms with van der Waals surface area (Å²) < 4.78 is 33.7. The number of phosphoric ester groups is 1. The first-order chi connectivity index (χ1) is 33.9. The number of carbonyl (C=O) groups excluding carboxylic acids is 1. The van der Waals surface area contributed by atoms with E-state index in [1.165, 1.54) is 212 Å². The zero-order valence-corrected chi connectivity index (χ0v) is 46.5. The van der Waals surface area contributed by atoms with Gasteiger partial charge in [-0.3, -0.25) is 13.8 Å². The number of phosphoric acid groups is 1. The highest BCUT2D eigenvalue weighted by atomic mass is 31.2. The molecule has 0 aliphatic heterocycles. The molecule has 0 aliphatic carbocycles. The molecule has 0 aliphatic rings. The van der Waals surface area contributed by atoms with E-state index in [1.807, 2.05) is 0 Å². The second-order valence-corrected chi connectivity index (χ2v) is 21.3. The average Bonchev–Trinajstić information content (AvgIpc) is 3.34. The van der Waals surface area contributed by atoms with Gasteiger partial charge in [-0.15, -0.1) is 0 Å². The number of carbonyl (C=O) groups is 1. The zero-order chi connectivity index (χ0) is 50.1. The lowest BCUT2D eigenvalue weighted by Crippen LogP contribution is -2.28. The molecule has 2 atom stereocenters. The van der Waals surface area contributed by atoms with E-state index in [1.54, 1.807) is 0 Å². The van der Waals surface area contributed by atoms with Crippen LogP contribution in [0.4, 0.5) is 0 Å². The predicted octanol–water partition coefficient (Wildman–Crippen LogP) is 19.0. The quantitative estimate of drug-likeness (QED) is 0.0268. The summed E-state index contributed by atoms with van der Waals surface area (Å²) in [4.78, 5) is 22.7. The molecule has 406 valence electrons. The maximum atomic E-state index is 12.7. The third-order valence-corrected chi connectivity index (χ3v) is 14.0. The lowest BCUT2D eigenvalue weighted by Gasteiger charge is -2.20. The molecule has 0 aromatic rings. The Balaban J connectivity index is 3.84. The van der Waals surface area contributed by atoms with Crippen LogP contribution in [0.1, 0.15) is 290 Å². The highest BCUT2D eigenvalue weighted by Gasteiger charge is 2.25. The SMILES string of the molecule is CC/C=C\C/C=C\C/C=C\C/C=C\CCCCCCCCCCCCCCCOCC(COP(=O)(O)OCCN)OC(=O)CCCCCCCCCCCCCCCCCCCCCCCCCC. The highest BCUT2D eigenvalue weighted by Crippen LogP contribution is 2.43.